The molecule has 2 rings (SSSR count). The zero-order valence-electron chi connectivity index (χ0n) is 13.3. The van der Waals surface area contributed by atoms with Gasteiger partial charge in [0.2, 0.25) is 5.91 Å². The van der Waals surface area contributed by atoms with Gasteiger partial charge in [-0.2, -0.15) is 0 Å². The smallest absolute Gasteiger partial charge is 0.244 e. The summed E-state index contributed by atoms with van der Waals surface area (Å²) >= 11 is 0. The molecule has 1 fully saturated rings. The molecule has 1 aliphatic carbocycles. The fourth-order valence-electron chi connectivity index (χ4n) is 2.06. The first-order chi connectivity index (χ1) is 10.1. The third-order valence-electron chi connectivity index (χ3n) is 3.79. The molecule has 1 heterocycles. The number of amides is 1. The monoisotopic (exact) mass is 293 g/mol. The Bertz CT molecular complexity index is 453. The molecule has 1 aliphatic rings. The largest absolute Gasteiger partial charge is 0.354 e. The van der Waals surface area contributed by atoms with Gasteiger partial charge in [-0.1, -0.05) is 19.1 Å². The van der Waals surface area contributed by atoms with Gasteiger partial charge >= 0.3 is 0 Å². The second-order valence-electron chi connectivity index (χ2n) is 6.41. The number of nitrogens with one attached hydrogen (secondary N) is 2. The summed E-state index contributed by atoms with van der Waals surface area (Å²) in [7, 11) is 0. The van der Waals surface area contributed by atoms with E-state index in [0.717, 1.165) is 31.1 Å². The third kappa shape index (κ3) is 5.46. The van der Waals surface area contributed by atoms with E-state index >= 15 is 0 Å². The molecule has 0 saturated heterocycles. The Morgan fingerprint density at radius 2 is 2.19 bits per heavy atom. The van der Waals surface area contributed by atoms with Gasteiger partial charge in [-0.25, -0.2) is 4.68 Å². The highest BCUT2D eigenvalue weighted by Crippen LogP contribution is 2.27. The van der Waals surface area contributed by atoms with Crippen molar-refractivity contribution in [3.05, 3.63) is 11.9 Å². The highest BCUT2D eigenvalue weighted by molar-refractivity contribution is 5.79. The summed E-state index contributed by atoms with van der Waals surface area (Å²) in [4.78, 5) is 12.0. The van der Waals surface area contributed by atoms with Gasteiger partial charge in [0.05, 0.1) is 11.9 Å². The lowest BCUT2D eigenvalue weighted by Crippen LogP contribution is -2.32. The Balaban J connectivity index is 1.74. The summed E-state index contributed by atoms with van der Waals surface area (Å²) in [6.07, 6.45) is 5.53. The van der Waals surface area contributed by atoms with Gasteiger partial charge in [-0.05, 0) is 44.6 Å². The number of carbonyl (C=O) groups is 1. The maximum atomic E-state index is 12.0. The average Bonchev–Trinajstić information content (AvgIpc) is 3.14. The van der Waals surface area contributed by atoms with Gasteiger partial charge in [0.1, 0.15) is 6.04 Å². The molecule has 2 N–H and O–H groups in total. The first-order valence-corrected chi connectivity index (χ1v) is 7.95. The predicted octanol–water partition coefficient (Wildman–Crippen LogP) is 1.50. The molecule has 6 heteroatoms. The van der Waals surface area contributed by atoms with Gasteiger partial charge in [-0.15, -0.1) is 5.10 Å². The topological polar surface area (TPSA) is 71.8 Å². The molecule has 1 atom stereocenters. The van der Waals surface area contributed by atoms with Crippen LogP contribution in [0.2, 0.25) is 0 Å². The molecule has 1 amide bonds. The normalized spacial score (nSPS) is 16.2. The minimum absolute atomic E-state index is 0.00182. The van der Waals surface area contributed by atoms with Crippen LogP contribution in [0.15, 0.2) is 6.20 Å². The zero-order valence-corrected chi connectivity index (χ0v) is 13.3. The lowest BCUT2D eigenvalue weighted by atomic mass is 10.1. The lowest BCUT2D eigenvalue weighted by molar-refractivity contribution is -0.124. The van der Waals surface area contributed by atoms with Crippen molar-refractivity contribution >= 4 is 5.91 Å². The van der Waals surface area contributed by atoms with E-state index in [9.17, 15) is 4.79 Å². The number of hydrogen-bond donors (Lipinski definition) is 2. The van der Waals surface area contributed by atoms with E-state index in [-0.39, 0.29) is 11.9 Å². The van der Waals surface area contributed by atoms with Crippen molar-refractivity contribution in [2.24, 2.45) is 11.8 Å². The number of carbonyl (C=O) groups excluding carboxylic acids is 1. The minimum atomic E-state index is -0.318. The van der Waals surface area contributed by atoms with Crippen LogP contribution in [-0.4, -0.2) is 34.0 Å². The Hall–Kier alpha value is -1.43. The van der Waals surface area contributed by atoms with Crippen LogP contribution in [0.5, 0.6) is 0 Å². The molecule has 1 aromatic rings. The van der Waals surface area contributed by atoms with Crippen LogP contribution >= 0.6 is 0 Å². The molecule has 0 spiro atoms. The molecule has 1 unspecified atom stereocenters. The number of nitrogens with zero attached hydrogens (tertiary/aromatic N) is 3. The molecule has 118 valence electrons. The van der Waals surface area contributed by atoms with Gasteiger partial charge in [-0.3, -0.25) is 4.79 Å². The number of aromatic nitrogens is 3. The molecular weight excluding hydrogens is 266 g/mol. The van der Waals surface area contributed by atoms with Crippen molar-refractivity contribution in [2.75, 3.05) is 13.1 Å². The molecule has 0 aromatic carbocycles. The summed E-state index contributed by atoms with van der Waals surface area (Å²) in [5.41, 5.74) is 0.887. The number of hydrogen-bond acceptors (Lipinski definition) is 4. The SMILES string of the molecule is CC(C)CCNC(=O)C(C)n1cc(CNCC2CC2)nn1. The molecular formula is C15H27N5O. The maximum absolute atomic E-state index is 12.0. The Kier molecular flexibility index (Phi) is 5.73. The maximum Gasteiger partial charge on any atom is 0.244 e. The van der Waals surface area contributed by atoms with Crippen LogP contribution < -0.4 is 10.6 Å². The van der Waals surface area contributed by atoms with Crippen molar-refractivity contribution in [3.8, 4) is 0 Å². The molecule has 0 aliphatic heterocycles. The first kappa shape index (κ1) is 15.9. The second kappa shape index (κ2) is 7.54. The highest BCUT2D eigenvalue weighted by atomic mass is 16.2. The second-order valence-corrected chi connectivity index (χ2v) is 6.41. The molecule has 21 heavy (non-hydrogen) atoms. The summed E-state index contributed by atoms with van der Waals surface area (Å²) in [5.74, 6) is 1.44. The summed E-state index contributed by atoms with van der Waals surface area (Å²) in [6, 6.07) is -0.318. The average molecular weight is 293 g/mol. The van der Waals surface area contributed by atoms with Crippen LogP contribution in [0, 0.1) is 11.8 Å². The van der Waals surface area contributed by atoms with Crippen LogP contribution in [0.1, 0.15) is 51.8 Å². The van der Waals surface area contributed by atoms with E-state index in [1.54, 1.807) is 4.68 Å². The molecule has 1 aromatic heterocycles. The molecule has 1 saturated carbocycles. The van der Waals surface area contributed by atoms with Crippen molar-refractivity contribution in [1.82, 2.24) is 25.6 Å². The van der Waals surface area contributed by atoms with Crippen molar-refractivity contribution in [1.29, 1.82) is 0 Å². The van der Waals surface area contributed by atoms with E-state index < -0.39 is 0 Å². The van der Waals surface area contributed by atoms with Crippen LogP contribution in [0.25, 0.3) is 0 Å². The molecule has 0 bridgehead atoms. The third-order valence-corrected chi connectivity index (χ3v) is 3.79. The van der Waals surface area contributed by atoms with Crippen LogP contribution in [0.4, 0.5) is 0 Å². The Morgan fingerprint density at radius 1 is 1.43 bits per heavy atom. The van der Waals surface area contributed by atoms with Crippen molar-refractivity contribution in [2.45, 2.75) is 52.6 Å². The van der Waals surface area contributed by atoms with Crippen molar-refractivity contribution in [3.63, 3.8) is 0 Å². The van der Waals surface area contributed by atoms with Gasteiger partial charge in [0, 0.05) is 13.1 Å². The summed E-state index contributed by atoms with van der Waals surface area (Å²) < 4.78 is 1.64. The van der Waals surface area contributed by atoms with E-state index in [4.69, 9.17) is 0 Å². The molecule has 0 radical (unpaired) electrons. The summed E-state index contributed by atoms with van der Waals surface area (Å²) in [6.45, 7) is 8.63. The van der Waals surface area contributed by atoms with E-state index in [2.05, 4.69) is 34.8 Å². The quantitative estimate of drug-likeness (QED) is 0.724. The Morgan fingerprint density at radius 3 is 2.86 bits per heavy atom. The fourth-order valence-corrected chi connectivity index (χ4v) is 2.06. The zero-order chi connectivity index (χ0) is 15.2. The standard InChI is InChI=1S/C15H27N5O/c1-11(2)6-7-17-15(21)12(3)20-10-14(18-19-20)9-16-8-13-4-5-13/h10-13,16H,4-9H2,1-3H3,(H,17,21). The number of rotatable bonds is 9. The summed E-state index contributed by atoms with van der Waals surface area (Å²) in [5, 5.41) is 14.5. The Labute approximate surface area is 126 Å². The molecule has 6 nitrogen and oxygen atoms in total. The van der Waals surface area contributed by atoms with Crippen LogP contribution in [-0.2, 0) is 11.3 Å². The minimum Gasteiger partial charge on any atom is -0.354 e. The van der Waals surface area contributed by atoms with Gasteiger partial charge < -0.3 is 10.6 Å². The van der Waals surface area contributed by atoms with Crippen molar-refractivity contribution < 1.29 is 4.79 Å². The lowest BCUT2D eigenvalue weighted by Gasteiger charge is -2.12. The predicted molar refractivity (Wildman–Crippen MR) is 81.6 cm³/mol. The fraction of sp³-hybridized carbons (Fsp3) is 0.800. The van der Waals surface area contributed by atoms with Gasteiger partial charge in [0.15, 0.2) is 0 Å². The first-order valence-electron chi connectivity index (χ1n) is 7.95. The van der Waals surface area contributed by atoms with Crippen LogP contribution in [0.3, 0.4) is 0 Å². The highest BCUT2D eigenvalue weighted by Gasteiger charge is 2.20. The van der Waals surface area contributed by atoms with E-state index in [1.165, 1.54) is 12.8 Å². The van der Waals surface area contributed by atoms with E-state index in [0.29, 0.717) is 12.5 Å². The van der Waals surface area contributed by atoms with E-state index in [1.807, 2.05) is 13.1 Å². The van der Waals surface area contributed by atoms with Gasteiger partial charge in [0.25, 0.3) is 0 Å².